The second-order valence-corrected chi connectivity index (χ2v) is 6.06. The van der Waals surface area contributed by atoms with Gasteiger partial charge in [-0.25, -0.2) is 8.60 Å². The van der Waals surface area contributed by atoms with Crippen molar-refractivity contribution in [3.8, 4) is 0 Å². The van der Waals surface area contributed by atoms with E-state index in [4.69, 9.17) is 4.55 Å². The molecule has 1 aliphatic rings. The van der Waals surface area contributed by atoms with Gasteiger partial charge in [0.25, 0.3) is 0 Å². The standard InChI is InChI=1S/C17H15FO2S/c18-14-8-4-12(5-9-14)16-2-1-3-17(16)13-6-10-15(11-7-13)21(19)20/h4-11H,1-3H2,(H,19,20). The third kappa shape index (κ3) is 2.96. The van der Waals surface area contributed by atoms with Gasteiger partial charge in [-0.2, -0.15) is 0 Å². The van der Waals surface area contributed by atoms with Crippen LogP contribution in [0.25, 0.3) is 11.1 Å². The van der Waals surface area contributed by atoms with E-state index in [1.807, 2.05) is 24.3 Å². The molecule has 0 amide bonds. The smallest absolute Gasteiger partial charge is 0.186 e. The van der Waals surface area contributed by atoms with Crippen LogP contribution in [0.4, 0.5) is 4.39 Å². The highest BCUT2D eigenvalue weighted by molar-refractivity contribution is 7.79. The molecule has 21 heavy (non-hydrogen) atoms. The monoisotopic (exact) mass is 302 g/mol. The fourth-order valence-electron chi connectivity index (χ4n) is 2.80. The zero-order valence-corrected chi connectivity index (χ0v) is 12.2. The number of hydrogen-bond donors (Lipinski definition) is 1. The molecule has 4 heteroatoms. The minimum Gasteiger partial charge on any atom is -0.302 e. The Bertz CT molecular complexity index is 703. The van der Waals surface area contributed by atoms with Gasteiger partial charge in [0.1, 0.15) is 5.82 Å². The van der Waals surface area contributed by atoms with E-state index in [1.165, 1.54) is 23.3 Å². The lowest BCUT2D eigenvalue weighted by molar-refractivity contribution is 0.564. The van der Waals surface area contributed by atoms with Gasteiger partial charge in [-0.05, 0) is 65.8 Å². The highest BCUT2D eigenvalue weighted by atomic mass is 32.2. The molecule has 1 atom stereocenters. The van der Waals surface area contributed by atoms with Gasteiger partial charge in [0.05, 0.1) is 4.90 Å². The Morgan fingerprint density at radius 2 is 1.33 bits per heavy atom. The van der Waals surface area contributed by atoms with Crippen LogP contribution in [0.1, 0.15) is 30.4 Å². The minimum absolute atomic E-state index is 0.228. The van der Waals surface area contributed by atoms with Gasteiger partial charge in [-0.15, -0.1) is 0 Å². The molecular weight excluding hydrogens is 287 g/mol. The summed E-state index contributed by atoms with van der Waals surface area (Å²) in [7, 11) is 0. The molecule has 0 bridgehead atoms. The van der Waals surface area contributed by atoms with Crippen molar-refractivity contribution in [2.24, 2.45) is 0 Å². The van der Waals surface area contributed by atoms with Crippen molar-refractivity contribution < 1.29 is 13.2 Å². The molecule has 0 aliphatic heterocycles. The number of halogens is 1. The molecule has 0 spiro atoms. The second-order valence-electron chi connectivity index (χ2n) is 5.09. The van der Waals surface area contributed by atoms with Crippen LogP contribution in [0.3, 0.4) is 0 Å². The lowest BCUT2D eigenvalue weighted by Crippen LogP contribution is -1.90. The zero-order valence-electron chi connectivity index (χ0n) is 11.4. The molecule has 108 valence electrons. The van der Waals surface area contributed by atoms with Gasteiger partial charge in [0.15, 0.2) is 11.1 Å². The van der Waals surface area contributed by atoms with Gasteiger partial charge in [-0.3, -0.25) is 0 Å². The van der Waals surface area contributed by atoms with Crippen LogP contribution in [0, 0.1) is 5.82 Å². The largest absolute Gasteiger partial charge is 0.302 e. The molecule has 0 heterocycles. The fraction of sp³-hybridized carbons (Fsp3) is 0.176. The van der Waals surface area contributed by atoms with E-state index < -0.39 is 11.1 Å². The fourth-order valence-corrected chi connectivity index (χ4v) is 3.17. The van der Waals surface area contributed by atoms with Crippen molar-refractivity contribution in [2.45, 2.75) is 24.2 Å². The Hall–Kier alpha value is -1.78. The first kappa shape index (κ1) is 14.2. The number of rotatable bonds is 3. The SMILES string of the molecule is O=S(O)c1ccc(C2=C(c3ccc(F)cc3)CCC2)cc1. The summed E-state index contributed by atoms with van der Waals surface area (Å²) in [6.07, 6.45) is 3.04. The van der Waals surface area contributed by atoms with Gasteiger partial charge in [-0.1, -0.05) is 24.3 Å². The Balaban J connectivity index is 2.00. The predicted octanol–water partition coefficient (Wildman–Crippen LogP) is 4.50. The van der Waals surface area contributed by atoms with Crippen molar-refractivity contribution in [2.75, 3.05) is 0 Å². The van der Waals surface area contributed by atoms with E-state index >= 15 is 0 Å². The van der Waals surface area contributed by atoms with E-state index in [0.29, 0.717) is 4.90 Å². The Morgan fingerprint density at radius 1 is 0.857 bits per heavy atom. The summed E-state index contributed by atoms with van der Waals surface area (Å²) in [4.78, 5) is 0.403. The minimum atomic E-state index is -1.94. The Morgan fingerprint density at radius 3 is 1.81 bits per heavy atom. The summed E-state index contributed by atoms with van der Waals surface area (Å²) in [6.45, 7) is 0. The molecule has 1 unspecified atom stereocenters. The molecule has 0 saturated carbocycles. The summed E-state index contributed by atoms with van der Waals surface area (Å²) in [5.41, 5.74) is 4.62. The number of hydrogen-bond acceptors (Lipinski definition) is 1. The first-order valence-electron chi connectivity index (χ1n) is 6.84. The van der Waals surface area contributed by atoms with E-state index in [9.17, 15) is 8.60 Å². The van der Waals surface area contributed by atoms with Crippen molar-refractivity contribution in [3.05, 3.63) is 65.5 Å². The average molecular weight is 302 g/mol. The first-order chi connectivity index (χ1) is 10.1. The van der Waals surface area contributed by atoms with Crippen LogP contribution in [-0.4, -0.2) is 8.76 Å². The van der Waals surface area contributed by atoms with Crippen LogP contribution in [0.5, 0.6) is 0 Å². The van der Waals surface area contributed by atoms with Crippen molar-refractivity contribution in [1.82, 2.24) is 0 Å². The zero-order chi connectivity index (χ0) is 14.8. The molecular formula is C17H15FO2S. The van der Waals surface area contributed by atoms with E-state index in [0.717, 1.165) is 30.4 Å². The van der Waals surface area contributed by atoms with Crippen LogP contribution in [0.2, 0.25) is 0 Å². The summed E-state index contributed by atoms with van der Waals surface area (Å²) < 4.78 is 33.1. The molecule has 0 saturated heterocycles. The van der Waals surface area contributed by atoms with Crippen LogP contribution < -0.4 is 0 Å². The Labute approximate surface area is 125 Å². The molecule has 2 aromatic rings. The number of benzene rings is 2. The van der Waals surface area contributed by atoms with Crippen LogP contribution >= 0.6 is 0 Å². The van der Waals surface area contributed by atoms with Crippen molar-refractivity contribution >= 4 is 22.2 Å². The third-order valence-corrected chi connectivity index (χ3v) is 4.49. The molecule has 2 nitrogen and oxygen atoms in total. The number of allylic oxidation sites excluding steroid dienone is 2. The summed E-state index contributed by atoms with van der Waals surface area (Å²) in [5, 5.41) is 0. The van der Waals surface area contributed by atoms with E-state index in [2.05, 4.69) is 0 Å². The van der Waals surface area contributed by atoms with E-state index in [1.54, 1.807) is 12.1 Å². The summed E-state index contributed by atoms with van der Waals surface area (Å²) in [5.74, 6) is -0.228. The maximum Gasteiger partial charge on any atom is 0.186 e. The molecule has 1 N–H and O–H groups in total. The maximum absolute atomic E-state index is 13.0. The third-order valence-electron chi connectivity index (χ3n) is 3.81. The highest BCUT2D eigenvalue weighted by Gasteiger charge is 2.17. The van der Waals surface area contributed by atoms with E-state index in [-0.39, 0.29) is 5.82 Å². The van der Waals surface area contributed by atoms with Crippen molar-refractivity contribution in [3.63, 3.8) is 0 Å². The molecule has 0 aromatic heterocycles. The van der Waals surface area contributed by atoms with Gasteiger partial charge in [0.2, 0.25) is 0 Å². The normalized spacial score (nSPS) is 16.3. The summed E-state index contributed by atoms with van der Waals surface area (Å²) >= 11 is -1.94. The van der Waals surface area contributed by atoms with Gasteiger partial charge in [0, 0.05) is 0 Å². The van der Waals surface area contributed by atoms with Gasteiger partial charge >= 0.3 is 0 Å². The molecule has 0 fully saturated rings. The highest BCUT2D eigenvalue weighted by Crippen LogP contribution is 2.39. The molecule has 3 rings (SSSR count). The van der Waals surface area contributed by atoms with Crippen molar-refractivity contribution in [1.29, 1.82) is 0 Å². The van der Waals surface area contributed by atoms with Gasteiger partial charge < -0.3 is 4.55 Å². The lowest BCUT2D eigenvalue weighted by Gasteiger charge is -2.09. The molecule has 1 aliphatic carbocycles. The van der Waals surface area contributed by atoms with Crippen LogP contribution in [0.15, 0.2) is 53.4 Å². The lowest BCUT2D eigenvalue weighted by atomic mass is 9.97. The first-order valence-corrected chi connectivity index (χ1v) is 7.95. The predicted molar refractivity (Wildman–Crippen MR) is 82.5 cm³/mol. The molecule has 0 radical (unpaired) electrons. The topological polar surface area (TPSA) is 37.3 Å². The average Bonchev–Trinajstić information content (AvgIpc) is 2.97. The molecule has 2 aromatic carbocycles. The Kier molecular flexibility index (Phi) is 3.99. The second kappa shape index (κ2) is 5.92. The summed E-state index contributed by atoms with van der Waals surface area (Å²) in [6, 6.07) is 13.7. The van der Waals surface area contributed by atoms with Crippen LogP contribution in [-0.2, 0) is 11.1 Å². The maximum atomic E-state index is 13.0. The quantitative estimate of drug-likeness (QED) is 0.848.